The van der Waals surface area contributed by atoms with Crippen molar-refractivity contribution in [2.24, 2.45) is 0 Å². The Morgan fingerprint density at radius 3 is 3.14 bits per heavy atom. The molecule has 0 atom stereocenters. The molecule has 0 fully saturated rings. The summed E-state index contributed by atoms with van der Waals surface area (Å²) in [7, 11) is 0. The Labute approximate surface area is 83.5 Å². The predicted octanol–water partition coefficient (Wildman–Crippen LogP) is 2.01. The molecular weight excluding hydrogens is 172 g/mol. The van der Waals surface area contributed by atoms with E-state index in [1.165, 1.54) is 16.9 Å². The summed E-state index contributed by atoms with van der Waals surface area (Å²) in [6.07, 6.45) is 6.44. The lowest BCUT2D eigenvalue weighted by Crippen LogP contribution is -2.17. The molecule has 3 rings (SSSR count). The summed E-state index contributed by atoms with van der Waals surface area (Å²) in [6.45, 7) is 1.91. The molecule has 0 aromatic heterocycles. The summed E-state index contributed by atoms with van der Waals surface area (Å²) in [5, 5.41) is 3.32. The zero-order valence-electron chi connectivity index (χ0n) is 7.90. The summed E-state index contributed by atoms with van der Waals surface area (Å²) in [5.41, 5.74) is 3.95. The number of hydrogen-bond donors (Lipinski definition) is 1. The van der Waals surface area contributed by atoms with Crippen molar-refractivity contribution >= 4 is 5.69 Å². The van der Waals surface area contributed by atoms with Gasteiger partial charge in [0.2, 0.25) is 0 Å². The van der Waals surface area contributed by atoms with Crippen LogP contribution in [0.3, 0.4) is 0 Å². The molecule has 2 nitrogen and oxygen atoms in total. The highest BCUT2D eigenvalue weighted by molar-refractivity contribution is 5.63. The van der Waals surface area contributed by atoms with Crippen LogP contribution >= 0.6 is 0 Å². The van der Waals surface area contributed by atoms with Gasteiger partial charge >= 0.3 is 0 Å². The van der Waals surface area contributed by atoms with Gasteiger partial charge in [-0.05, 0) is 17.7 Å². The maximum Gasteiger partial charge on any atom is 0.0570 e. The van der Waals surface area contributed by atoms with Gasteiger partial charge in [0, 0.05) is 25.0 Å². The third kappa shape index (κ3) is 1.04. The van der Waals surface area contributed by atoms with E-state index in [0.29, 0.717) is 0 Å². The van der Waals surface area contributed by atoms with E-state index in [4.69, 9.17) is 0 Å². The molecule has 0 saturated heterocycles. The highest BCUT2D eigenvalue weighted by Gasteiger charge is 2.18. The quantitative estimate of drug-likeness (QED) is 0.663. The third-order valence-electron chi connectivity index (χ3n) is 2.71. The first-order valence-corrected chi connectivity index (χ1v) is 4.91. The molecule has 2 heteroatoms. The van der Waals surface area contributed by atoms with Crippen molar-refractivity contribution < 1.29 is 0 Å². The Hall–Kier alpha value is -1.70. The lowest BCUT2D eigenvalue weighted by atomic mass is 10.1. The zero-order valence-corrected chi connectivity index (χ0v) is 7.90. The first kappa shape index (κ1) is 7.68. The molecule has 0 bridgehead atoms. The van der Waals surface area contributed by atoms with Crippen LogP contribution in [0.15, 0.2) is 48.3 Å². The van der Waals surface area contributed by atoms with E-state index in [9.17, 15) is 0 Å². The molecule has 1 N–H and O–H groups in total. The average molecular weight is 184 g/mol. The summed E-state index contributed by atoms with van der Waals surface area (Å²) in [6, 6.07) is 8.55. The maximum absolute atomic E-state index is 3.32. The number of nitrogens with zero attached hydrogens (tertiary/aromatic N) is 1. The predicted molar refractivity (Wildman–Crippen MR) is 57.9 cm³/mol. The van der Waals surface area contributed by atoms with Crippen LogP contribution in [0.2, 0.25) is 0 Å². The third-order valence-corrected chi connectivity index (χ3v) is 2.71. The van der Waals surface area contributed by atoms with E-state index in [1.54, 1.807) is 0 Å². The van der Waals surface area contributed by atoms with Gasteiger partial charge in [0.05, 0.1) is 5.70 Å². The van der Waals surface area contributed by atoms with Gasteiger partial charge in [-0.2, -0.15) is 0 Å². The fourth-order valence-corrected chi connectivity index (χ4v) is 2.03. The van der Waals surface area contributed by atoms with Crippen molar-refractivity contribution in [3.05, 3.63) is 53.9 Å². The number of para-hydroxylation sites is 1. The SMILES string of the molecule is C1=CC2=CNCc3ccccc3N2C1. The standard InChI is InChI=1S/C12H12N2/c1-2-6-12-10(4-1)8-13-9-11-5-3-7-14(11)12/h1-6,9,13H,7-8H2. The van der Waals surface area contributed by atoms with Crippen molar-refractivity contribution in [2.75, 3.05) is 11.4 Å². The van der Waals surface area contributed by atoms with Crippen LogP contribution in [0.25, 0.3) is 0 Å². The number of nitrogens with one attached hydrogen (secondary N) is 1. The molecule has 0 unspecified atom stereocenters. The van der Waals surface area contributed by atoms with E-state index in [0.717, 1.165) is 13.1 Å². The highest BCUT2D eigenvalue weighted by atomic mass is 15.2. The number of benzene rings is 1. The molecule has 0 saturated carbocycles. The topological polar surface area (TPSA) is 15.3 Å². The van der Waals surface area contributed by atoms with Crippen molar-refractivity contribution in [3.8, 4) is 0 Å². The van der Waals surface area contributed by atoms with Crippen molar-refractivity contribution in [1.29, 1.82) is 0 Å². The van der Waals surface area contributed by atoms with E-state index in [-0.39, 0.29) is 0 Å². The molecule has 2 aliphatic rings. The zero-order chi connectivity index (χ0) is 9.38. The minimum absolute atomic E-state index is 0.921. The van der Waals surface area contributed by atoms with E-state index in [1.807, 2.05) is 0 Å². The van der Waals surface area contributed by atoms with Gasteiger partial charge in [-0.15, -0.1) is 0 Å². The van der Waals surface area contributed by atoms with Crippen LogP contribution in [-0.4, -0.2) is 6.54 Å². The van der Waals surface area contributed by atoms with Crippen LogP contribution in [0.5, 0.6) is 0 Å². The van der Waals surface area contributed by atoms with Crippen molar-refractivity contribution in [1.82, 2.24) is 5.32 Å². The van der Waals surface area contributed by atoms with E-state index in [2.05, 4.69) is 52.8 Å². The minimum Gasteiger partial charge on any atom is -0.385 e. The summed E-state index contributed by atoms with van der Waals surface area (Å²) in [5.74, 6) is 0. The molecular formula is C12H12N2. The number of hydrogen-bond acceptors (Lipinski definition) is 2. The molecule has 1 aromatic carbocycles. The van der Waals surface area contributed by atoms with Crippen molar-refractivity contribution in [3.63, 3.8) is 0 Å². The van der Waals surface area contributed by atoms with Gasteiger partial charge in [0.15, 0.2) is 0 Å². The highest BCUT2D eigenvalue weighted by Crippen LogP contribution is 2.28. The van der Waals surface area contributed by atoms with Crippen molar-refractivity contribution in [2.45, 2.75) is 6.54 Å². The van der Waals surface area contributed by atoms with Gasteiger partial charge < -0.3 is 10.2 Å². The fourth-order valence-electron chi connectivity index (χ4n) is 2.03. The molecule has 14 heavy (non-hydrogen) atoms. The number of fused-ring (bicyclic) bond motifs is 3. The lowest BCUT2D eigenvalue weighted by molar-refractivity contribution is 0.876. The van der Waals surface area contributed by atoms with Gasteiger partial charge in [-0.25, -0.2) is 0 Å². The second kappa shape index (κ2) is 2.91. The van der Waals surface area contributed by atoms with Crippen LogP contribution < -0.4 is 10.2 Å². The molecule has 0 amide bonds. The number of allylic oxidation sites excluding steroid dienone is 1. The smallest absolute Gasteiger partial charge is 0.0570 e. The summed E-state index contributed by atoms with van der Waals surface area (Å²) < 4.78 is 0. The van der Waals surface area contributed by atoms with Gasteiger partial charge in [-0.1, -0.05) is 24.3 Å². The molecule has 70 valence electrons. The maximum atomic E-state index is 3.32. The first-order valence-electron chi connectivity index (χ1n) is 4.91. The largest absolute Gasteiger partial charge is 0.385 e. The molecule has 2 aliphatic heterocycles. The van der Waals surface area contributed by atoms with Crippen LogP contribution in [0.4, 0.5) is 5.69 Å². The summed E-state index contributed by atoms with van der Waals surface area (Å²) >= 11 is 0. The molecule has 2 heterocycles. The monoisotopic (exact) mass is 184 g/mol. The molecule has 0 radical (unpaired) electrons. The first-order chi connectivity index (χ1) is 6.95. The normalized spacial score (nSPS) is 18.0. The lowest BCUT2D eigenvalue weighted by Gasteiger charge is -2.20. The molecule has 0 spiro atoms. The Bertz CT molecular complexity index is 418. The average Bonchev–Trinajstić information content (AvgIpc) is 2.61. The Morgan fingerprint density at radius 1 is 1.21 bits per heavy atom. The van der Waals surface area contributed by atoms with Gasteiger partial charge in [-0.3, -0.25) is 0 Å². The summed E-state index contributed by atoms with van der Waals surface area (Å²) in [4.78, 5) is 2.33. The Balaban J connectivity index is 2.13. The Kier molecular flexibility index (Phi) is 1.60. The fraction of sp³-hybridized carbons (Fsp3) is 0.167. The minimum atomic E-state index is 0.921. The Morgan fingerprint density at radius 2 is 2.14 bits per heavy atom. The van der Waals surface area contributed by atoms with Crippen LogP contribution in [0.1, 0.15) is 5.56 Å². The van der Waals surface area contributed by atoms with Crippen LogP contribution in [0, 0.1) is 0 Å². The second-order valence-corrected chi connectivity index (χ2v) is 3.59. The van der Waals surface area contributed by atoms with Crippen LogP contribution in [-0.2, 0) is 6.54 Å². The number of anilines is 1. The molecule has 0 aliphatic carbocycles. The second-order valence-electron chi connectivity index (χ2n) is 3.59. The number of rotatable bonds is 0. The van der Waals surface area contributed by atoms with Gasteiger partial charge in [0.1, 0.15) is 0 Å². The van der Waals surface area contributed by atoms with E-state index < -0.39 is 0 Å². The molecule has 1 aromatic rings. The van der Waals surface area contributed by atoms with E-state index >= 15 is 0 Å². The van der Waals surface area contributed by atoms with Gasteiger partial charge in [0.25, 0.3) is 0 Å².